The van der Waals surface area contributed by atoms with Crippen LogP contribution in [-0.4, -0.2) is 45.9 Å². The number of ether oxygens (including phenoxy) is 1. The topological polar surface area (TPSA) is 41.1 Å². The van der Waals surface area contributed by atoms with E-state index in [1.54, 1.807) is 0 Å². The van der Waals surface area contributed by atoms with E-state index in [1.165, 1.54) is 4.90 Å². The summed E-state index contributed by atoms with van der Waals surface area (Å²) in [5, 5.41) is 0. The number of aromatic nitrogens is 2. The van der Waals surface area contributed by atoms with E-state index in [0.717, 1.165) is 48.4 Å². The Morgan fingerprint density at radius 1 is 1.10 bits per heavy atom. The molecule has 1 atom stereocenters. The molecule has 4 nitrogen and oxygen atoms in total. The first kappa shape index (κ1) is 20.5. The summed E-state index contributed by atoms with van der Waals surface area (Å²) in [6.45, 7) is 8.90. The molecule has 154 valence electrons. The molecule has 3 aromatic rings. The lowest BCUT2D eigenvalue weighted by Crippen LogP contribution is -2.35. The number of nitrogens with zero attached hydrogens (tertiary/aromatic N) is 2. The van der Waals surface area contributed by atoms with Crippen LogP contribution in [0.25, 0.3) is 11.0 Å². The number of para-hydroxylation sites is 2. The fourth-order valence-corrected chi connectivity index (χ4v) is 4.85. The van der Waals surface area contributed by atoms with Gasteiger partial charge in [-0.2, -0.15) is 0 Å². The van der Waals surface area contributed by atoms with Gasteiger partial charge in [-0.15, -0.1) is 11.8 Å². The van der Waals surface area contributed by atoms with Crippen LogP contribution in [0.2, 0.25) is 0 Å². The van der Waals surface area contributed by atoms with Crippen LogP contribution in [0.15, 0.2) is 53.4 Å². The largest absolute Gasteiger partial charge is 0.362 e. The van der Waals surface area contributed by atoms with Gasteiger partial charge < -0.3 is 14.6 Å². The van der Waals surface area contributed by atoms with Gasteiger partial charge >= 0.3 is 0 Å². The SMILES string of the molecule is CN1CCC(OC(c2cccc(SC(C)(C)C)c2)c2nc3ccccc3[nH]2)CC1. The highest BCUT2D eigenvalue weighted by molar-refractivity contribution is 8.00. The van der Waals surface area contributed by atoms with E-state index in [9.17, 15) is 0 Å². The van der Waals surface area contributed by atoms with Crippen LogP contribution in [-0.2, 0) is 4.74 Å². The molecule has 29 heavy (non-hydrogen) atoms. The molecule has 4 rings (SSSR count). The number of rotatable bonds is 5. The van der Waals surface area contributed by atoms with Gasteiger partial charge in [0.25, 0.3) is 0 Å². The summed E-state index contributed by atoms with van der Waals surface area (Å²) >= 11 is 1.89. The van der Waals surface area contributed by atoms with Gasteiger partial charge in [0.15, 0.2) is 0 Å². The van der Waals surface area contributed by atoms with Gasteiger partial charge in [0.05, 0.1) is 17.1 Å². The number of imidazole rings is 1. The average molecular weight is 410 g/mol. The Kier molecular flexibility index (Phi) is 6.00. The van der Waals surface area contributed by atoms with E-state index >= 15 is 0 Å². The van der Waals surface area contributed by atoms with E-state index in [1.807, 2.05) is 30.0 Å². The van der Waals surface area contributed by atoms with E-state index in [4.69, 9.17) is 9.72 Å². The second kappa shape index (κ2) is 8.50. The normalized spacial score (nSPS) is 17.7. The first-order valence-corrected chi connectivity index (χ1v) is 11.3. The molecule has 1 N–H and O–H groups in total. The second-order valence-corrected chi connectivity index (χ2v) is 10.8. The van der Waals surface area contributed by atoms with Gasteiger partial charge in [-0.1, -0.05) is 45.0 Å². The smallest absolute Gasteiger partial charge is 0.141 e. The molecule has 1 saturated heterocycles. The number of hydrogen-bond acceptors (Lipinski definition) is 4. The van der Waals surface area contributed by atoms with Crippen LogP contribution in [0, 0.1) is 0 Å². The number of aromatic amines is 1. The highest BCUT2D eigenvalue weighted by Crippen LogP contribution is 2.36. The molecule has 0 amide bonds. The molecule has 1 fully saturated rings. The lowest BCUT2D eigenvalue weighted by atomic mass is 10.1. The molecule has 1 unspecified atom stereocenters. The zero-order valence-electron chi connectivity index (χ0n) is 17.8. The zero-order chi connectivity index (χ0) is 20.4. The van der Waals surface area contributed by atoms with Crippen LogP contribution in [0.1, 0.15) is 51.1 Å². The van der Waals surface area contributed by atoms with Crippen molar-refractivity contribution in [3.05, 3.63) is 59.9 Å². The minimum atomic E-state index is -0.184. The van der Waals surface area contributed by atoms with Crippen LogP contribution >= 0.6 is 11.8 Å². The first-order valence-electron chi connectivity index (χ1n) is 10.4. The first-order chi connectivity index (χ1) is 13.9. The van der Waals surface area contributed by atoms with Gasteiger partial charge in [0.2, 0.25) is 0 Å². The van der Waals surface area contributed by atoms with Crippen LogP contribution in [0.4, 0.5) is 0 Å². The molecule has 2 heterocycles. The monoisotopic (exact) mass is 409 g/mol. The van der Waals surface area contributed by atoms with Crippen LogP contribution in [0.3, 0.4) is 0 Å². The average Bonchev–Trinajstić information content (AvgIpc) is 3.10. The number of piperidine rings is 1. The molecule has 0 bridgehead atoms. The van der Waals surface area contributed by atoms with E-state index in [-0.39, 0.29) is 17.0 Å². The maximum Gasteiger partial charge on any atom is 0.141 e. The maximum absolute atomic E-state index is 6.70. The summed E-state index contributed by atoms with van der Waals surface area (Å²) in [5.74, 6) is 0.892. The van der Waals surface area contributed by atoms with Crippen molar-refractivity contribution >= 4 is 22.8 Å². The fourth-order valence-electron chi connectivity index (χ4n) is 3.81. The summed E-state index contributed by atoms with van der Waals surface area (Å²) in [6.07, 6.45) is 2.19. The van der Waals surface area contributed by atoms with Gasteiger partial charge in [0.1, 0.15) is 11.9 Å². The third kappa shape index (κ3) is 5.21. The van der Waals surface area contributed by atoms with Crippen molar-refractivity contribution in [1.82, 2.24) is 14.9 Å². The van der Waals surface area contributed by atoms with Crippen molar-refractivity contribution < 1.29 is 4.74 Å². The number of nitrogens with one attached hydrogen (secondary N) is 1. The van der Waals surface area contributed by atoms with Gasteiger partial charge in [-0.25, -0.2) is 4.98 Å². The van der Waals surface area contributed by atoms with E-state index in [0.29, 0.717) is 0 Å². The molecule has 0 radical (unpaired) electrons. The van der Waals surface area contributed by atoms with E-state index < -0.39 is 0 Å². The van der Waals surface area contributed by atoms with Gasteiger partial charge in [0, 0.05) is 22.7 Å². The Balaban J connectivity index is 1.67. The Morgan fingerprint density at radius 2 is 1.86 bits per heavy atom. The summed E-state index contributed by atoms with van der Waals surface area (Å²) < 4.78 is 6.87. The second-order valence-electron chi connectivity index (χ2n) is 8.94. The number of hydrogen-bond donors (Lipinski definition) is 1. The third-order valence-corrected chi connectivity index (χ3v) is 6.34. The summed E-state index contributed by atoms with van der Waals surface area (Å²) in [4.78, 5) is 12.0. The molecule has 2 aromatic carbocycles. The molecule has 1 aliphatic heterocycles. The lowest BCUT2D eigenvalue weighted by molar-refractivity contribution is -0.0264. The van der Waals surface area contributed by atoms with Gasteiger partial charge in [-0.3, -0.25) is 0 Å². The lowest BCUT2D eigenvalue weighted by Gasteiger charge is -2.31. The molecular formula is C24H31N3OS. The minimum Gasteiger partial charge on any atom is -0.362 e. The highest BCUT2D eigenvalue weighted by atomic mass is 32.2. The summed E-state index contributed by atoms with van der Waals surface area (Å²) in [7, 11) is 2.18. The predicted octanol–water partition coefficient (Wildman–Crippen LogP) is 5.65. The Morgan fingerprint density at radius 3 is 2.59 bits per heavy atom. The molecule has 0 spiro atoms. The fraction of sp³-hybridized carbons (Fsp3) is 0.458. The van der Waals surface area contributed by atoms with Crippen LogP contribution < -0.4 is 0 Å². The summed E-state index contributed by atoms with van der Waals surface area (Å²) in [5.41, 5.74) is 3.21. The van der Waals surface area contributed by atoms with Crippen molar-refractivity contribution in [1.29, 1.82) is 0 Å². The maximum atomic E-state index is 6.70. The molecule has 1 aliphatic rings. The highest BCUT2D eigenvalue weighted by Gasteiger charge is 2.26. The van der Waals surface area contributed by atoms with Crippen molar-refractivity contribution in [2.75, 3.05) is 20.1 Å². The molecule has 0 aliphatic carbocycles. The number of H-pyrrole nitrogens is 1. The quantitative estimate of drug-likeness (QED) is 0.553. The minimum absolute atomic E-state index is 0.169. The predicted molar refractivity (Wildman–Crippen MR) is 122 cm³/mol. The van der Waals surface area contributed by atoms with Gasteiger partial charge in [-0.05, 0) is 49.7 Å². The van der Waals surface area contributed by atoms with Crippen LogP contribution in [0.5, 0.6) is 0 Å². The Hall–Kier alpha value is -1.82. The Bertz CT molecular complexity index is 921. The van der Waals surface area contributed by atoms with Crippen molar-refractivity contribution in [2.45, 2.75) is 55.5 Å². The molecule has 0 saturated carbocycles. The number of thioether (sulfide) groups is 1. The Labute approximate surface area is 178 Å². The molecule has 5 heteroatoms. The van der Waals surface area contributed by atoms with Crippen molar-refractivity contribution in [2.24, 2.45) is 0 Å². The summed E-state index contributed by atoms with van der Waals surface area (Å²) in [6, 6.07) is 16.9. The standard InChI is InChI=1S/C24H31N3OS/c1-24(2,3)29-19-9-7-8-17(16-19)22(28-18-12-14-27(4)15-13-18)23-25-20-10-5-6-11-21(20)26-23/h5-11,16,18,22H,12-15H2,1-4H3,(H,25,26). The van der Waals surface area contributed by atoms with Crippen molar-refractivity contribution in [3.8, 4) is 0 Å². The zero-order valence-corrected chi connectivity index (χ0v) is 18.6. The molecule has 1 aromatic heterocycles. The third-order valence-electron chi connectivity index (χ3n) is 5.24. The number of fused-ring (bicyclic) bond motifs is 1. The number of likely N-dealkylation sites (tertiary alicyclic amines) is 1. The molecular weight excluding hydrogens is 378 g/mol. The number of benzene rings is 2. The van der Waals surface area contributed by atoms with E-state index in [2.05, 4.69) is 68.0 Å². The van der Waals surface area contributed by atoms with Crippen molar-refractivity contribution in [3.63, 3.8) is 0 Å².